The van der Waals surface area contributed by atoms with Crippen molar-refractivity contribution in [1.29, 1.82) is 0 Å². The molecule has 7 heteroatoms. The summed E-state index contributed by atoms with van der Waals surface area (Å²) in [4.78, 5) is 13.1. The quantitative estimate of drug-likeness (QED) is 0.498. The summed E-state index contributed by atoms with van der Waals surface area (Å²) in [7, 11) is 3.94. The van der Waals surface area contributed by atoms with Crippen LogP contribution in [0.1, 0.15) is 6.42 Å². The van der Waals surface area contributed by atoms with E-state index < -0.39 is 4.92 Å². The lowest BCUT2D eigenvalue weighted by atomic mass is 10.4. The van der Waals surface area contributed by atoms with Gasteiger partial charge < -0.3 is 15.0 Å². The first-order chi connectivity index (χ1) is 6.59. The fourth-order valence-corrected chi connectivity index (χ4v) is 1.01. The molecule has 0 aliphatic heterocycles. The van der Waals surface area contributed by atoms with Crippen LogP contribution in [0.5, 0.6) is 0 Å². The molecule has 0 spiro atoms. The first-order valence-electron chi connectivity index (χ1n) is 4.29. The molecule has 1 aromatic heterocycles. The maximum Gasteiger partial charge on any atom is 0.410 e. The van der Waals surface area contributed by atoms with Crippen LogP contribution in [0.2, 0.25) is 0 Å². The van der Waals surface area contributed by atoms with Crippen LogP contribution in [0.25, 0.3) is 0 Å². The maximum atomic E-state index is 10.3. The van der Waals surface area contributed by atoms with E-state index in [1.807, 2.05) is 19.0 Å². The Hall–Kier alpha value is -1.50. The van der Waals surface area contributed by atoms with Gasteiger partial charge in [0.1, 0.15) is 0 Å². The number of nitro groups is 1. The third-order valence-corrected chi connectivity index (χ3v) is 1.67. The molecule has 14 heavy (non-hydrogen) atoms. The van der Waals surface area contributed by atoms with Crippen LogP contribution < -0.4 is 0 Å². The van der Waals surface area contributed by atoms with E-state index in [1.165, 1.54) is 4.80 Å². The second-order valence-electron chi connectivity index (χ2n) is 3.21. The normalized spacial score (nSPS) is 10.8. The van der Waals surface area contributed by atoms with Gasteiger partial charge in [0.15, 0.2) is 6.20 Å². The Morgan fingerprint density at radius 1 is 1.64 bits per heavy atom. The van der Waals surface area contributed by atoms with Crippen LogP contribution in [0.4, 0.5) is 5.82 Å². The molecule has 1 rings (SSSR count). The molecular formula is C7H13N5O2. The summed E-state index contributed by atoms with van der Waals surface area (Å²) in [5.74, 6) is -0.199. The fourth-order valence-electron chi connectivity index (χ4n) is 1.01. The van der Waals surface area contributed by atoms with Crippen LogP contribution >= 0.6 is 0 Å². The zero-order valence-electron chi connectivity index (χ0n) is 8.25. The molecule has 78 valence electrons. The third kappa shape index (κ3) is 3.09. The summed E-state index contributed by atoms with van der Waals surface area (Å²) in [6.45, 7) is 1.52. The van der Waals surface area contributed by atoms with Gasteiger partial charge in [-0.05, 0) is 32.0 Å². The highest BCUT2D eigenvalue weighted by Crippen LogP contribution is 2.02. The number of hydrogen-bond acceptors (Lipinski definition) is 5. The third-order valence-electron chi connectivity index (χ3n) is 1.67. The van der Waals surface area contributed by atoms with E-state index in [1.54, 1.807) is 0 Å². The molecule has 0 N–H and O–H groups in total. The standard InChI is InChI=1S/C7H13N5O2/c1-10(2)4-3-5-11-8-6-7(9-11)12(13)14/h6H,3-5H2,1-2H3. The molecule has 0 atom stereocenters. The summed E-state index contributed by atoms with van der Waals surface area (Å²) in [6.07, 6.45) is 2.04. The Balaban J connectivity index is 2.40. The summed E-state index contributed by atoms with van der Waals surface area (Å²) in [5.41, 5.74) is 0. The van der Waals surface area contributed by atoms with E-state index in [-0.39, 0.29) is 5.82 Å². The van der Waals surface area contributed by atoms with E-state index in [9.17, 15) is 10.1 Å². The van der Waals surface area contributed by atoms with Crippen LogP contribution in [-0.2, 0) is 6.54 Å². The van der Waals surface area contributed by atoms with Gasteiger partial charge in [-0.2, -0.15) is 0 Å². The first-order valence-corrected chi connectivity index (χ1v) is 4.29. The van der Waals surface area contributed by atoms with Gasteiger partial charge in [-0.1, -0.05) is 4.80 Å². The summed E-state index contributed by atoms with van der Waals surface area (Å²) < 4.78 is 0. The molecule has 1 aromatic rings. The van der Waals surface area contributed by atoms with Gasteiger partial charge in [0, 0.05) is 0 Å². The average molecular weight is 199 g/mol. The van der Waals surface area contributed by atoms with E-state index in [2.05, 4.69) is 10.2 Å². The fraction of sp³-hybridized carbons (Fsp3) is 0.714. The topological polar surface area (TPSA) is 77.1 Å². The van der Waals surface area contributed by atoms with Crippen LogP contribution in [0, 0.1) is 10.1 Å². The molecule has 0 aliphatic carbocycles. The molecule has 7 nitrogen and oxygen atoms in total. The van der Waals surface area contributed by atoms with E-state index in [0.29, 0.717) is 6.54 Å². The van der Waals surface area contributed by atoms with Crippen molar-refractivity contribution in [2.75, 3.05) is 20.6 Å². The lowest BCUT2D eigenvalue weighted by Gasteiger charge is -2.06. The van der Waals surface area contributed by atoms with Crippen molar-refractivity contribution in [3.05, 3.63) is 16.3 Å². The predicted octanol–water partition coefficient (Wildman–Crippen LogP) is 0.138. The zero-order valence-corrected chi connectivity index (χ0v) is 8.25. The minimum absolute atomic E-state index is 0.199. The summed E-state index contributed by atoms with van der Waals surface area (Å²) in [6, 6.07) is 0. The van der Waals surface area contributed by atoms with Gasteiger partial charge in [-0.3, -0.25) is 0 Å². The van der Waals surface area contributed by atoms with Crippen LogP contribution in [0.3, 0.4) is 0 Å². The molecule has 1 heterocycles. The molecule has 0 saturated heterocycles. The Labute approximate surface area is 81.5 Å². The van der Waals surface area contributed by atoms with Crippen molar-refractivity contribution in [3.63, 3.8) is 0 Å². The Morgan fingerprint density at radius 3 is 2.86 bits per heavy atom. The van der Waals surface area contributed by atoms with E-state index in [4.69, 9.17) is 0 Å². The molecule has 0 radical (unpaired) electrons. The number of rotatable bonds is 5. The largest absolute Gasteiger partial charge is 0.410 e. The van der Waals surface area contributed by atoms with Crippen molar-refractivity contribution in [1.82, 2.24) is 19.9 Å². The van der Waals surface area contributed by atoms with Gasteiger partial charge in [0.25, 0.3) is 0 Å². The monoisotopic (exact) mass is 199 g/mol. The SMILES string of the molecule is CN(C)CCCn1ncc([N+](=O)[O-])n1. The van der Waals surface area contributed by atoms with Crippen molar-refractivity contribution >= 4 is 5.82 Å². The predicted molar refractivity (Wildman–Crippen MR) is 49.8 cm³/mol. The lowest BCUT2D eigenvalue weighted by Crippen LogP contribution is -2.15. The maximum absolute atomic E-state index is 10.3. The van der Waals surface area contributed by atoms with Crippen molar-refractivity contribution in [2.45, 2.75) is 13.0 Å². The molecule has 0 fully saturated rings. The van der Waals surface area contributed by atoms with Gasteiger partial charge in [-0.15, -0.1) is 5.10 Å². The molecule has 0 bridgehead atoms. The highest BCUT2D eigenvalue weighted by molar-refractivity contribution is 5.07. The second kappa shape index (κ2) is 4.66. The van der Waals surface area contributed by atoms with Crippen LogP contribution in [0.15, 0.2) is 6.20 Å². The minimum Gasteiger partial charge on any atom is -0.358 e. The lowest BCUT2D eigenvalue weighted by molar-refractivity contribution is -0.389. The number of hydrogen-bond donors (Lipinski definition) is 0. The highest BCUT2D eigenvalue weighted by atomic mass is 16.6. The van der Waals surface area contributed by atoms with Crippen molar-refractivity contribution in [3.8, 4) is 0 Å². The van der Waals surface area contributed by atoms with Gasteiger partial charge in [0.2, 0.25) is 0 Å². The number of aryl methyl sites for hydroxylation is 1. The molecular weight excluding hydrogens is 186 g/mol. The first kappa shape index (κ1) is 10.6. The van der Waals surface area contributed by atoms with Crippen molar-refractivity contribution in [2.24, 2.45) is 0 Å². The highest BCUT2D eigenvalue weighted by Gasteiger charge is 2.11. The Bertz CT molecular complexity index is 309. The summed E-state index contributed by atoms with van der Waals surface area (Å²) >= 11 is 0. The molecule has 0 aromatic carbocycles. The molecule has 0 aliphatic rings. The molecule has 0 saturated carbocycles. The Morgan fingerprint density at radius 2 is 2.36 bits per heavy atom. The van der Waals surface area contributed by atoms with Crippen LogP contribution in [-0.4, -0.2) is 45.5 Å². The van der Waals surface area contributed by atoms with Gasteiger partial charge in [0.05, 0.1) is 11.6 Å². The minimum atomic E-state index is -0.546. The number of aromatic nitrogens is 3. The average Bonchev–Trinajstić information content (AvgIpc) is 2.52. The van der Waals surface area contributed by atoms with E-state index >= 15 is 0 Å². The Kier molecular flexibility index (Phi) is 3.52. The zero-order chi connectivity index (χ0) is 10.6. The second-order valence-corrected chi connectivity index (χ2v) is 3.21. The van der Waals surface area contributed by atoms with Crippen molar-refractivity contribution < 1.29 is 4.92 Å². The number of nitrogens with zero attached hydrogens (tertiary/aromatic N) is 5. The summed E-state index contributed by atoms with van der Waals surface area (Å²) in [5, 5.41) is 17.8. The van der Waals surface area contributed by atoms with Gasteiger partial charge >= 0.3 is 5.82 Å². The molecule has 0 unspecified atom stereocenters. The van der Waals surface area contributed by atoms with Gasteiger partial charge in [-0.25, -0.2) is 0 Å². The smallest absolute Gasteiger partial charge is 0.358 e. The van der Waals surface area contributed by atoms with E-state index in [0.717, 1.165) is 19.2 Å². The molecule has 0 amide bonds.